The molecule has 2 N–H and O–H groups in total. The third-order valence-electron chi connectivity index (χ3n) is 2.76. The standard InChI is InChI=1S/C12H18N2O3S/c1-12(2,3)9-6-7-14-11(18(13,15)16)10(9)17-8-4-5-8/h6-8H,4-5H2,1-3H3,(H2,13,15,16). The summed E-state index contributed by atoms with van der Waals surface area (Å²) in [5.74, 6) is 0.315. The largest absolute Gasteiger partial charge is 0.487 e. The highest BCUT2D eigenvalue weighted by Gasteiger charge is 2.32. The third-order valence-corrected chi connectivity index (χ3v) is 3.59. The van der Waals surface area contributed by atoms with Gasteiger partial charge in [0.1, 0.15) is 0 Å². The van der Waals surface area contributed by atoms with Crippen LogP contribution in [-0.4, -0.2) is 19.5 Å². The van der Waals surface area contributed by atoms with E-state index in [2.05, 4.69) is 4.98 Å². The molecular weight excluding hydrogens is 252 g/mol. The quantitative estimate of drug-likeness (QED) is 0.903. The summed E-state index contributed by atoms with van der Waals surface area (Å²) >= 11 is 0. The van der Waals surface area contributed by atoms with Crippen LogP contribution in [0.5, 0.6) is 5.75 Å². The van der Waals surface area contributed by atoms with E-state index in [4.69, 9.17) is 9.88 Å². The molecular formula is C12H18N2O3S. The Morgan fingerprint density at radius 3 is 2.44 bits per heavy atom. The van der Waals surface area contributed by atoms with Crippen LogP contribution < -0.4 is 9.88 Å². The molecule has 1 aliphatic carbocycles. The van der Waals surface area contributed by atoms with Gasteiger partial charge in [0.25, 0.3) is 10.0 Å². The van der Waals surface area contributed by atoms with Crippen LogP contribution in [0, 0.1) is 0 Å². The molecule has 1 saturated carbocycles. The fraction of sp³-hybridized carbons (Fsp3) is 0.583. The minimum atomic E-state index is -3.87. The molecule has 1 aliphatic rings. The van der Waals surface area contributed by atoms with Gasteiger partial charge in [0.2, 0.25) is 5.03 Å². The average Bonchev–Trinajstić information content (AvgIpc) is 2.98. The summed E-state index contributed by atoms with van der Waals surface area (Å²) in [5.41, 5.74) is 0.584. The first-order chi connectivity index (χ1) is 8.19. The summed E-state index contributed by atoms with van der Waals surface area (Å²) in [5, 5.41) is 5.03. The lowest BCUT2D eigenvalue weighted by atomic mass is 9.87. The summed E-state index contributed by atoms with van der Waals surface area (Å²) < 4.78 is 28.9. The molecule has 0 unspecified atom stereocenters. The summed E-state index contributed by atoms with van der Waals surface area (Å²) in [6.07, 6.45) is 3.45. The number of hydrogen-bond acceptors (Lipinski definition) is 4. The zero-order chi connectivity index (χ0) is 13.6. The number of hydrogen-bond donors (Lipinski definition) is 1. The first-order valence-corrected chi connectivity index (χ1v) is 7.43. The number of pyridine rings is 1. The number of sulfonamides is 1. The number of nitrogens with two attached hydrogens (primary N) is 1. The van der Waals surface area contributed by atoms with Gasteiger partial charge in [0.05, 0.1) is 6.10 Å². The van der Waals surface area contributed by atoms with E-state index in [1.807, 2.05) is 20.8 Å². The van der Waals surface area contributed by atoms with Gasteiger partial charge in [-0.1, -0.05) is 20.8 Å². The summed E-state index contributed by atoms with van der Waals surface area (Å²) in [7, 11) is -3.87. The molecule has 5 nitrogen and oxygen atoms in total. The number of rotatable bonds is 3. The maximum absolute atomic E-state index is 11.6. The molecule has 0 aromatic carbocycles. The van der Waals surface area contributed by atoms with Gasteiger partial charge in [-0.05, 0) is 24.3 Å². The maximum atomic E-state index is 11.6. The SMILES string of the molecule is CC(C)(C)c1ccnc(S(N)(=O)=O)c1OC1CC1. The minimum absolute atomic E-state index is 0.0933. The fourth-order valence-electron chi connectivity index (χ4n) is 1.69. The smallest absolute Gasteiger partial charge is 0.259 e. The van der Waals surface area contributed by atoms with Gasteiger partial charge in [-0.2, -0.15) is 0 Å². The number of primary sulfonamides is 1. The zero-order valence-corrected chi connectivity index (χ0v) is 11.6. The third kappa shape index (κ3) is 2.81. The van der Waals surface area contributed by atoms with E-state index in [9.17, 15) is 8.42 Å². The van der Waals surface area contributed by atoms with E-state index in [1.54, 1.807) is 6.07 Å². The predicted octanol–water partition coefficient (Wildman–Crippen LogP) is 1.57. The van der Waals surface area contributed by atoms with Crippen LogP contribution >= 0.6 is 0 Å². The summed E-state index contributed by atoms with van der Waals surface area (Å²) in [4.78, 5) is 3.87. The van der Waals surface area contributed by atoms with Gasteiger partial charge < -0.3 is 4.74 Å². The van der Waals surface area contributed by atoms with Crippen molar-refractivity contribution in [1.82, 2.24) is 4.98 Å². The molecule has 18 heavy (non-hydrogen) atoms. The Hall–Kier alpha value is -1.14. The molecule has 100 valence electrons. The second-order valence-electron chi connectivity index (χ2n) is 5.61. The lowest BCUT2D eigenvalue weighted by Crippen LogP contribution is -2.21. The zero-order valence-electron chi connectivity index (χ0n) is 10.8. The second-order valence-corrected chi connectivity index (χ2v) is 7.08. The topological polar surface area (TPSA) is 82.3 Å². The van der Waals surface area contributed by atoms with Gasteiger partial charge in [0, 0.05) is 11.8 Å². The van der Waals surface area contributed by atoms with E-state index in [0.29, 0.717) is 5.75 Å². The first-order valence-electron chi connectivity index (χ1n) is 5.88. The van der Waals surface area contributed by atoms with Crippen LogP contribution in [0.2, 0.25) is 0 Å². The molecule has 1 heterocycles. The van der Waals surface area contributed by atoms with E-state index in [-0.39, 0.29) is 16.5 Å². The normalized spacial score (nSPS) is 16.7. The van der Waals surface area contributed by atoms with Gasteiger partial charge in [-0.15, -0.1) is 0 Å². The van der Waals surface area contributed by atoms with E-state index in [0.717, 1.165) is 18.4 Å². The predicted molar refractivity (Wildman–Crippen MR) is 68.0 cm³/mol. The Labute approximate surface area is 107 Å². The Morgan fingerprint density at radius 2 is 2.00 bits per heavy atom. The Bertz CT molecular complexity index is 557. The minimum Gasteiger partial charge on any atom is -0.487 e. The maximum Gasteiger partial charge on any atom is 0.259 e. The van der Waals surface area contributed by atoms with Crippen molar-refractivity contribution in [3.05, 3.63) is 17.8 Å². The average molecular weight is 270 g/mol. The molecule has 0 radical (unpaired) electrons. The lowest BCUT2D eigenvalue weighted by molar-refractivity contribution is 0.283. The summed E-state index contributed by atoms with van der Waals surface area (Å²) in [6.45, 7) is 5.99. The molecule has 0 saturated heterocycles. The Balaban J connectivity index is 2.59. The lowest BCUT2D eigenvalue weighted by Gasteiger charge is -2.23. The molecule has 0 aliphatic heterocycles. The van der Waals surface area contributed by atoms with Crippen LogP contribution in [0.25, 0.3) is 0 Å². The Morgan fingerprint density at radius 1 is 1.39 bits per heavy atom. The molecule has 0 spiro atoms. The van der Waals surface area contributed by atoms with Gasteiger partial charge in [-0.3, -0.25) is 0 Å². The van der Waals surface area contributed by atoms with Crippen molar-refractivity contribution < 1.29 is 13.2 Å². The van der Waals surface area contributed by atoms with E-state index < -0.39 is 10.0 Å². The van der Waals surface area contributed by atoms with Crippen molar-refractivity contribution in [2.24, 2.45) is 5.14 Å². The number of aromatic nitrogens is 1. The summed E-state index contributed by atoms with van der Waals surface area (Å²) in [6, 6.07) is 1.78. The molecule has 0 atom stereocenters. The van der Waals surface area contributed by atoms with Crippen molar-refractivity contribution in [2.75, 3.05) is 0 Å². The first kappa shape index (κ1) is 13.3. The molecule has 1 aromatic rings. The van der Waals surface area contributed by atoms with Gasteiger partial charge in [-0.25, -0.2) is 18.5 Å². The monoisotopic (exact) mass is 270 g/mol. The molecule has 1 aromatic heterocycles. The van der Waals surface area contributed by atoms with Crippen LogP contribution in [-0.2, 0) is 15.4 Å². The van der Waals surface area contributed by atoms with Crippen molar-refractivity contribution in [3.8, 4) is 5.75 Å². The van der Waals surface area contributed by atoms with Crippen LogP contribution in [0.4, 0.5) is 0 Å². The molecule has 0 amide bonds. The van der Waals surface area contributed by atoms with Crippen LogP contribution in [0.15, 0.2) is 17.3 Å². The van der Waals surface area contributed by atoms with Gasteiger partial charge in [0.15, 0.2) is 5.75 Å². The number of nitrogens with zero attached hydrogens (tertiary/aromatic N) is 1. The van der Waals surface area contributed by atoms with Crippen LogP contribution in [0.3, 0.4) is 0 Å². The Kier molecular flexibility index (Phi) is 3.11. The fourth-order valence-corrected chi connectivity index (χ4v) is 2.31. The van der Waals surface area contributed by atoms with E-state index in [1.165, 1.54) is 6.20 Å². The molecule has 1 fully saturated rings. The van der Waals surface area contributed by atoms with Crippen molar-refractivity contribution in [2.45, 2.75) is 50.2 Å². The highest BCUT2D eigenvalue weighted by Crippen LogP contribution is 2.38. The molecule has 6 heteroatoms. The number of ether oxygens (including phenoxy) is 1. The molecule has 2 rings (SSSR count). The highest BCUT2D eigenvalue weighted by molar-refractivity contribution is 7.89. The van der Waals surface area contributed by atoms with Crippen molar-refractivity contribution in [1.29, 1.82) is 0 Å². The second kappa shape index (κ2) is 4.20. The van der Waals surface area contributed by atoms with E-state index >= 15 is 0 Å². The molecule has 0 bridgehead atoms. The highest BCUT2D eigenvalue weighted by atomic mass is 32.2. The van der Waals surface area contributed by atoms with Crippen LogP contribution in [0.1, 0.15) is 39.2 Å². The van der Waals surface area contributed by atoms with Crippen molar-refractivity contribution in [3.63, 3.8) is 0 Å². The van der Waals surface area contributed by atoms with Crippen molar-refractivity contribution >= 4 is 10.0 Å². The van der Waals surface area contributed by atoms with Gasteiger partial charge >= 0.3 is 0 Å².